The SMILES string of the molecule is CCOC(=O)C[C@H](c1ccc([N+](=O)[O-])cc1)[C@@H](NC(=O)COC)C(N)=O. The first-order valence-electron chi connectivity index (χ1n) is 7.77. The molecule has 1 rings (SSSR count). The van der Waals surface area contributed by atoms with Crippen molar-refractivity contribution in [1.82, 2.24) is 5.32 Å². The number of benzene rings is 1. The van der Waals surface area contributed by atoms with Crippen molar-refractivity contribution in [3.8, 4) is 0 Å². The predicted molar refractivity (Wildman–Crippen MR) is 90.1 cm³/mol. The molecule has 0 saturated carbocycles. The van der Waals surface area contributed by atoms with Crippen LogP contribution in [0.2, 0.25) is 0 Å². The number of nitrogens with one attached hydrogen (secondary N) is 1. The van der Waals surface area contributed by atoms with E-state index in [1.54, 1.807) is 6.92 Å². The Morgan fingerprint density at radius 3 is 2.35 bits per heavy atom. The van der Waals surface area contributed by atoms with Gasteiger partial charge in [-0.25, -0.2) is 0 Å². The Balaban J connectivity index is 3.18. The van der Waals surface area contributed by atoms with Gasteiger partial charge < -0.3 is 20.5 Å². The summed E-state index contributed by atoms with van der Waals surface area (Å²) in [5.41, 5.74) is 5.66. The first-order chi connectivity index (χ1) is 12.3. The summed E-state index contributed by atoms with van der Waals surface area (Å²) in [4.78, 5) is 45.8. The number of hydrogen-bond acceptors (Lipinski definition) is 7. The monoisotopic (exact) mass is 367 g/mol. The second kappa shape index (κ2) is 10.1. The normalized spacial score (nSPS) is 12.7. The molecule has 0 unspecified atom stereocenters. The number of non-ortho nitro benzene ring substituents is 1. The van der Waals surface area contributed by atoms with Gasteiger partial charge in [0.05, 0.1) is 18.0 Å². The summed E-state index contributed by atoms with van der Waals surface area (Å²) in [5.74, 6) is -2.90. The largest absolute Gasteiger partial charge is 0.466 e. The molecule has 0 heterocycles. The molecule has 10 nitrogen and oxygen atoms in total. The highest BCUT2D eigenvalue weighted by atomic mass is 16.6. The average molecular weight is 367 g/mol. The molecule has 2 atom stereocenters. The van der Waals surface area contributed by atoms with Crippen molar-refractivity contribution in [2.45, 2.75) is 25.3 Å². The molecule has 0 aliphatic rings. The zero-order valence-electron chi connectivity index (χ0n) is 14.5. The fourth-order valence-corrected chi connectivity index (χ4v) is 2.39. The number of hydrogen-bond donors (Lipinski definition) is 2. The number of nitro groups is 1. The van der Waals surface area contributed by atoms with Gasteiger partial charge in [-0.3, -0.25) is 24.5 Å². The number of nitrogens with two attached hydrogens (primary N) is 1. The van der Waals surface area contributed by atoms with E-state index >= 15 is 0 Å². The number of carbonyl (C=O) groups is 3. The van der Waals surface area contributed by atoms with Crippen molar-refractivity contribution in [2.24, 2.45) is 5.73 Å². The van der Waals surface area contributed by atoms with Crippen molar-refractivity contribution in [3.63, 3.8) is 0 Å². The predicted octanol–water partition coefficient (Wildman–Crippen LogP) is 0.248. The molecule has 0 radical (unpaired) electrons. The third kappa shape index (κ3) is 6.13. The molecule has 3 N–H and O–H groups in total. The minimum Gasteiger partial charge on any atom is -0.466 e. The Morgan fingerprint density at radius 1 is 1.27 bits per heavy atom. The van der Waals surface area contributed by atoms with Crippen LogP contribution in [-0.4, -0.2) is 49.1 Å². The maximum atomic E-state index is 11.9. The van der Waals surface area contributed by atoms with Crippen LogP contribution in [0.4, 0.5) is 5.69 Å². The Bertz CT molecular complexity index is 660. The molecule has 0 spiro atoms. The van der Waals surface area contributed by atoms with Gasteiger partial charge in [0.2, 0.25) is 11.8 Å². The highest BCUT2D eigenvalue weighted by Crippen LogP contribution is 2.26. The van der Waals surface area contributed by atoms with Crippen LogP contribution in [0, 0.1) is 10.1 Å². The van der Waals surface area contributed by atoms with E-state index in [-0.39, 0.29) is 25.3 Å². The Morgan fingerprint density at radius 2 is 1.88 bits per heavy atom. The summed E-state index contributed by atoms with van der Waals surface area (Å²) in [6.45, 7) is 1.48. The van der Waals surface area contributed by atoms with Gasteiger partial charge in [0.15, 0.2) is 0 Å². The average Bonchev–Trinajstić information content (AvgIpc) is 2.58. The number of rotatable bonds is 10. The molecule has 2 amide bonds. The van der Waals surface area contributed by atoms with Crippen LogP contribution in [-0.2, 0) is 23.9 Å². The molecule has 1 aromatic rings. The molecule has 0 aliphatic carbocycles. The van der Waals surface area contributed by atoms with Gasteiger partial charge in [-0.05, 0) is 12.5 Å². The van der Waals surface area contributed by atoms with Gasteiger partial charge in [-0.2, -0.15) is 0 Å². The third-order valence-corrected chi connectivity index (χ3v) is 3.52. The van der Waals surface area contributed by atoms with E-state index in [9.17, 15) is 24.5 Å². The number of ether oxygens (including phenoxy) is 2. The number of amides is 2. The van der Waals surface area contributed by atoms with Gasteiger partial charge in [0.25, 0.3) is 5.69 Å². The highest BCUT2D eigenvalue weighted by Gasteiger charge is 2.32. The number of esters is 1. The second-order valence-electron chi connectivity index (χ2n) is 5.34. The van der Waals surface area contributed by atoms with Crippen molar-refractivity contribution in [1.29, 1.82) is 0 Å². The molecule has 0 aromatic heterocycles. The quantitative estimate of drug-likeness (QED) is 0.341. The van der Waals surface area contributed by atoms with Crippen molar-refractivity contribution < 1.29 is 28.8 Å². The topological polar surface area (TPSA) is 151 Å². The molecule has 10 heteroatoms. The Hall–Kier alpha value is -3.01. The lowest BCUT2D eigenvalue weighted by Crippen LogP contribution is -2.49. The van der Waals surface area contributed by atoms with Crippen LogP contribution >= 0.6 is 0 Å². The van der Waals surface area contributed by atoms with Crippen molar-refractivity contribution >= 4 is 23.5 Å². The van der Waals surface area contributed by atoms with E-state index in [2.05, 4.69) is 5.32 Å². The maximum absolute atomic E-state index is 11.9. The summed E-state index contributed by atoms with van der Waals surface area (Å²) in [7, 11) is 1.31. The van der Waals surface area contributed by atoms with Gasteiger partial charge >= 0.3 is 5.97 Å². The van der Waals surface area contributed by atoms with Crippen molar-refractivity contribution in [3.05, 3.63) is 39.9 Å². The van der Waals surface area contributed by atoms with E-state index < -0.39 is 34.7 Å². The molecule has 0 bridgehead atoms. The molecule has 1 aromatic carbocycles. The molecule has 142 valence electrons. The summed E-state index contributed by atoms with van der Waals surface area (Å²) in [6, 6.07) is 4.06. The van der Waals surface area contributed by atoms with Gasteiger partial charge in [0, 0.05) is 25.2 Å². The summed E-state index contributed by atoms with van der Waals surface area (Å²) in [6.07, 6.45) is -0.244. The van der Waals surface area contributed by atoms with Crippen LogP contribution < -0.4 is 11.1 Å². The first kappa shape index (κ1) is 21.0. The summed E-state index contributed by atoms with van der Waals surface area (Å²) in [5, 5.41) is 13.2. The lowest BCUT2D eigenvalue weighted by molar-refractivity contribution is -0.384. The molecule has 0 fully saturated rings. The summed E-state index contributed by atoms with van der Waals surface area (Å²) < 4.78 is 9.60. The third-order valence-electron chi connectivity index (χ3n) is 3.52. The number of primary amides is 1. The lowest BCUT2D eigenvalue weighted by atomic mass is 9.87. The Labute approximate surface area is 149 Å². The van der Waals surface area contributed by atoms with Gasteiger partial charge in [-0.15, -0.1) is 0 Å². The van der Waals surface area contributed by atoms with Gasteiger partial charge in [0.1, 0.15) is 12.6 Å². The lowest BCUT2D eigenvalue weighted by Gasteiger charge is -2.25. The minimum absolute atomic E-state index is 0.142. The first-order valence-corrected chi connectivity index (χ1v) is 7.77. The van der Waals surface area contributed by atoms with Crippen LogP contribution in [0.3, 0.4) is 0 Å². The zero-order valence-corrected chi connectivity index (χ0v) is 14.5. The molecule has 26 heavy (non-hydrogen) atoms. The van der Waals surface area contributed by atoms with E-state index in [0.29, 0.717) is 5.56 Å². The standard InChI is InChI=1S/C16H21N3O7/c1-3-26-14(21)8-12(10-4-6-11(7-5-10)19(23)24)15(16(17)22)18-13(20)9-25-2/h4-7,12,15H,3,8-9H2,1-2H3,(H2,17,22)(H,18,20)/t12-,15-/m1/s1. The van der Waals surface area contributed by atoms with E-state index in [1.807, 2.05) is 0 Å². The van der Waals surface area contributed by atoms with Crippen LogP contribution in [0.15, 0.2) is 24.3 Å². The van der Waals surface area contributed by atoms with Crippen LogP contribution in [0.25, 0.3) is 0 Å². The number of methoxy groups -OCH3 is 1. The van der Waals surface area contributed by atoms with E-state index in [4.69, 9.17) is 15.2 Å². The Kier molecular flexibility index (Phi) is 8.16. The van der Waals surface area contributed by atoms with E-state index in [1.165, 1.54) is 31.4 Å². The number of carbonyl (C=O) groups excluding carboxylic acids is 3. The minimum atomic E-state index is -1.22. The van der Waals surface area contributed by atoms with Crippen LogP contribution in [0.1, 0.15) is 24.8 Å². The highest BCUT2D eigenvalue weighted by molar-refractivity contribution is 5.88. The zero-order chi connectivity index (χ0) is 19.7. The number of nitrogens with zero attached hydrogens (tertiary/aromatic N) is 1. The molecular weight excluding hydrogens is 346 g/mol. The van der Waals surface area contributed by atoms with Crippen LogP contribution in [0.5, 0.6) is 0 Å². The summed E-state index contributed by atoms with van der Waals surface area (Å²) >= 11 is 0. The fourth-order valence-electron chi connectivity index (χ4n) is 2.39. The molecule has 0 aliphatic heterocycles. The maximum Gasteiger partial charge on any atom is 0.306 e. The second-order valence-corrected chi connectivity index (χ2v) is 5.34. The smallest absolute Gasteiger partial charge is 0.306 e. The fraction of sp³-hybridized carbons (Fsp3) is 0.438. The number of nitro benzene ring substituents is 1. The van der Waals surface area contributed by atoms with Gasteiger partial charge in [-0.1, -0.05) is 12.1 Å². The molecular formula is C16H21N3O7. The molecule has 0 saturated heterocycles. The van der Waals surface area contributed by atoms with Crippen molar-refractivity contribution in [2.75, 3.05) is 20.3 Å². The van der Waals surface area contributed by atoms with E-state index in [0.717, 1.165) is 0 Å².